The lowest BCUT2D eigenvalue weighted by Gasteiger charge is -2.07. The van der Waals surface area contributed by atoms with E-state index in [-0.39, 0.29) is 22.5 Å². The number of amidine groups is 1. The van der Waals surface area contributed by atoms with Crippen molar-refractivity contribution in [2.45, 2.75) is 5.75 Å². The van der Waals surface area contributed by atoms with Gasteiger partial charge in [-0.25, -0.2) is 0 Å². The molecule has 92 valence electrons. The maximum absolute atomic E-state index is 11.0. The molecule has 7 nitrogen and oxygen atoms in total. The summed E-state index contributed by atoms with van der Waals surface area (Å²) < 4.78 is 30.3. The molecule has 1 rings (SSSR count). The molecule has 6 N–H and O–H groups in total. The highest BCUT2D eigenvalue weighted by Gasteiger charge is 2.15. The summed E-state index contributed by atoms with van der Waals surface area (Å²) in [5.74, 6) is -1.86. The molecule has 0 spiro atoms. The van der Waals surface area contributed by atoms with Crippen LogP contribution in [-0.2, 0) is 15.9 Å². The molecule has 0 aliphatic carbocycles. The number of primary amides is 1. The topological polar surface area (TPSA) is 147 Å². The quantitative estimate of drug-likeness (QED) is 0.325. The second kappa shape index (κ2) is 4.52. The molecule has 17 heavy (non-hydrogen) atoms. The summed E-state index contributed by atoms with van der Waals surface area (Å²) in [6, 6.07) is 3.87. The number of carbonyl (C=O) groups excluding carboxylic acids is 1. The van der Waals surface area contributed by atoms with Gasteiger partial charge in [-0.05, 0) is 17.7 Å². The fraction of sp³-hybridized carbons (Fsp3) is 0.111. The van der Waals surface area contributed by atoms with E-state index in [1.807, 2.05) is 0 Å². The van der Waals surface area contributed by atoms with Crippen LogP contribution in [0, 0.1) is 5.41 Å². The predicted molar refractivity (Wildman–Crippen MR) is 61.2 cm³/mol. The number of carbonyl (C=O) groups is 1. The van der Waals surface area contributed by atoms with Crippen LogP contribution in [0.5, 0.6) is 0 Å². The fourth-order valence-corrected chi connectivity index (χ4v) is 1.95. The van der Waals surface area contributed by atoms with Gasteiger partial charge in [0.15, 0.2) is 0 Å². The van der Waals surface area contributed by atoms with Crippen molar-refractivity contribution in [3.05, 3.63) is 34.9 Å². The van der Waals surface area contributed by atoms with E-state index >= 15 is 0 Å². The van der Waals surface area contributed by atoms with Crippen molar-refractivity contribution in [2.24, 2.45) is 11.5 Å². The van der Waals surface area contributed by atoms with Crippen molar-refractivity contribution >= 4 is 21.9 Å². The summed E-state index contributed by atoms with van der Waals surface area (Å²) >= 11 is 0. The first kappa shape index (κ1) is 13.1. The number of hydrogen-bond acceptors (Lipinski definition) is 4. The van der Waals surface area contributed by atoms with E-state index < -0.39 is 21.8 Å². The van der Waals surface area contributed by atoms with E-state index in [2.05, 4.69) is 0 Å². The van der Waals surface area contributed by atoms with Crippen molar-refractivity contribution in [3.8, 4) is 0 Å². The van der Waals surface area contributed by atoms with Crippen LogP contribution in [0.3, 0.4) is 0 Å². The second-order valence-corrected chi connectivity index (χ2v) is 4.83. The van der Waals surface area contributed by atoms with E-state index in [1.165, 1.54) is 18.2 Å². The molecular formula is C9H11N3O4S. The second-order valence-electron chi connectivity index (χ2n) is 3.38. The lowest BCUT2D eigenvalue weighted by Crippen LogP contribution is -2.18. The number of nitrogen functional groups attached to an aromatic ring is 1. The van der Waals surface area contributed by atoms with Gasteiger partial charge < -0.3 is 11.5 Å². The first-order valence-corrected chi connectivity index (χ1v) is 6.04. The summed E-state index contributed by atoms with van der Waals surface area (Å²) in [7, 11) is -4.29. The van der Waals surface area contributed by atoms with Gasteiger partial charge in [0.05, 0.1) is 0 Å². The first-order chi connectivity index (χ1) is 7.70. The average Bonchev–Trinajstić information content (AvgIpc) is 2.14. The van der Waals surface area contributed by atoms with Gasteiger partial charge in [0.2, 0.25) is 5.91 Å². The summed E-state index contributed by atoms with van der Waals surface area (Å²) in [5.41, 5.74) is 10.5. The molecule has 0 unspecified atom stereocenters. The third-order valence-electron chi connectivity index (χ3n) is 2.02. The SMILES string of the molecule is N=C(N)c1ccc(C(N)=O)c(CS(=O)(=O)O)c1. The minimum atomic E-state index is -4.29. The van der Waals surface area contributed by atoms with Gasteiger partial charge in [-0.1, -0.05) is 6.07 Å². The van der Waals surface area contributed by atoms with Crippen LogP contribution < -0.4 is 11.5 Å². The Morgan fingerprint density at radius 1 is 1.35 bits per heavy atom. The van der Waals surface area contributed by atoms with E-state index in [4.69, 9.17) is 21.4 Å². The molecule has 8 heteroatoms. The van der Waals surface area contributed by atoms with Gasteiger partial charge >= 0.3 is 0 Å². The molecule has 0 fully saturated rings. The molecule has 0 aliphatic rings. The number of nitrogens with one attached hydrogen (secondary N) is 1. The van der Waals surface area contributed by atoms with Crippen LogP contribution in [0.25, 0.3) is 0 Å². The third kappa shape index (κ3) is 3.54. The Kier molecular flexibility index (Phi) is 3.49. The number of nitrogens with two attached hydrogens (primary N) is 2. The summed E-state index contributed by atoms with van der Waals surface area (Å²) in [6.45, 7) is 0. The summed E-state index contributed by atoms with van der Waals surface area (Å²) in [5, 5.41) is 7.19. The molecule has 0 saturated carbocycles. The normalized spacial score (nSPS) is 11.1. The van der Waals surface area contributed by atoms with Crippen LogP contribution in [0.1, 0.15) is 21.5 Å². The standard InChI is InChI=1S/C9H11N3O4S/c10-8(11)5-1-2-7(9(12)13)6(3-5)4-17(14,15)16/h1-3H,4H2,(H3,10,11)(H2,12,13)(H,14,15,16). The Hall–Kier alpha value is -1.93. The maximum Gasteiger partial charge on any atom is 0.269 e. The molecule has 0 heterocycles. The highest BCUT2D eigenvalue weighted by Crippen LogP contribution is 2.14. The fourth-order valence-electron chi connectivity index (χ4n) is 1.32. The lowest BCUT2D eigenvalue weighted by atomic mass is 10.0. The van der Waals surface area contributed by atoms with Gasteiger partial charge in [-0.2, -0.15) is 8.42 Å². The van der Waals surface area contributed by atoms with E-state index in [0.717, 1.165) is 0 Å². The van der Waals surface area contributed by atoms with Crippen LogP contribution in [0.2, 0.25) is 0 Å². The van der Waals surface area contributed by atoms with Crippen molar-refractivity contribution in [3.63, 3.8) is 0 Å². The number of rotatable bonds is 4. The minimum absolute atomic E-state index is 0.00713. The summed E-state index contributed by atoms with van der Waals surface area (Å²) in [4.78, 5) is 11.0. The number of hydrogen-bond donors (Lipinski definition) is 4. The van der Waals surface area contributed by atoms with Crippen LogP contribution in [0.4, 0.5) is 0 Å². The van der Waals surface area contributed by atoms with Crippen LogP contribution in [-0.4, -0.2) is 24.7 Å². The Morgan fingerprint density at radius 3 is 2.35 bits per heavy atom. The van der Waals surface area contributed by atoms with Crippen molar-refractivity contribution in [1.29, 1.82) is 5.41 Å². The molecule has 0 aliphatic heterocycles. The molecule has 1 aromatic carbocycles. The van der Waals surface area contributed by atoms with Gasteiger partial charge in [0, 0.05) is 11.1 Å². The molecular weight excluding hydrogens is 246 g/mol. The van der Waals surface area contributed by atoms with E-state index in [9.17, 15) is 13.2 Å². The molecule has 0 radical (unpaired) electrons. The van der Waals surface area contributed by atoms with Crippen molar-refractivity contribution < 1.29 is 17.8 Å². The van der Waals surface area contributed by atoms with Crippen molar-refractivity contribution in [1.82, 2.24) is 0 Å². The van der Waals surface area contributed by atoms with Gasteiger partial charge in [-0.3, -0.25) is 14.8 Å². The van der Waals surface area contributed by atoms with E-state index in [0.29, 0.717) is 0 Å². The third-order valence-corrected chi connectivity index (χ3v) is 2.70. The molecule has 1 amide bonds. The Balaban J connectivity index is 3.35. The Morgan fingerprint density at radius 2 is 1.94 bits per heavy atom. The van der Waals surface area contributed by atoms with Crippen LogP contribution in [0.15, 0.2) is 18.2 Å². The molecule has 0 atom stereocenters. The highest BCUT2D eigenvalue weighted by molar-refractivity contribution is 7.85. The maximum atomic E-state index is 11.0. The highest BCUT2D eigenvalue weighted by atomic mass is 32.2. The molecule has 0 bridgehead atoms. The average molecular weight is 257 g/mol. The van der Waals surface area contributed by atoms with Gasteiger partial charge in [0.25, 0.3) is 10.1 Å². The van der Waals surface area contributed by atoms with Crippen molar-refractivity contribution in [2.75, 3.05) is 0 Å². The van der Waals surface area contributed by atoms with E-state index in [1.54, 1.807) is 0 Å². The predicted octanol–water partition coefficient (Wildman–Crippen LogP) is -0.543. The zero-order valence-electron chi connectivity index (χ0n) is 8.67. The van der Waals surface area contributed by atoms with Gasteiger partial charge in [-0.15, -0.1) is 0 Å². The lowest BCUT2D eigenvalue weighted by molar-refractivity contribution is 0.0999. The first-order valence-electron chi connectivity index (χ1n) is 4.43. The smallest absolute Gasteiger partial charge is 0.269 e. The largest absolute Gasteiger partial charge is 0.384 e. The Labute approximate surface area is 97.7 Å². The number of amides is 1. The molecule has 0 saturated heterocycles. The molecule has 0 aromatic heterocycles. The Bertz CT molecular complexity index is 580. The number of benzene rings is 1. The minimum Gasteiger partial charge on any atom is -0.384 e. The van der Waals surface area contributed by atoms with Gasteiger partial charge in [0.1, 0.15) is 11.6 Å². The zero-order valence-corrected chi connectivity index (χ0v) is 9.49. The monoisotopic (exact) mass is 257 g/mol. The summed E-state index contributed by atoms with van der Waals surface area (Å²) in [6.07, 6.45) is 0. The molecule has 1 aromatic rings. The van der Waals surface area contributed by atoms with Crippen LogP contribution >= 0.6 is 0 Å². The zero-order chi connectivity index (χ0) is 13.2.